The van der Waals surface area contributed by atoms with Gasteiger partial charge in [-0.1, -0.05) is 0 Å². The lowest BCUT2D eigenvalue weighted by molar-refractivity contribution is -0.137. The number of aliphatic carboxylic acids is 1. The third-order valence-electron chi connectivity index (χ3n) is 2.27. The van der Waals surface area contributed by atoms with Gasteiger partial charge in [0.25, 0.3) is 0 Å². The Morgan fingerprint density at radius 1 is 1.53 bits per heavy atom. The molecule has 1 atom stereocenters. The Kier molecular flexibility index (Phi) is 4.84. The van der Waals surface area contributed by atoms with Crippen molar-refractivity contribution in [2.45, 2.75) is 24.3 Å². The summed E-state index contributed by atoms with van der Waals surface area (Å²) < 4.78 is 44.0. The number of carbonyl (C=O) groups is 1. The third-order valence-corrected chi connectivity index (χ3v) is 3.86. The lowest BCUT2D eigenvalue weighted by atomic mass is 10.3. The fourth-order valence-corrected chi connectivity index (χ4v) is 2.71. The zero-order chi connectivity index (χ0) is 14.6. The van der Waals surface area contributed by atoms with Crippen molar-refractivity contribution >= 4 is 16.0 Å². The van der Waals surface area contributed by atoms with E-state index in [4.69, 9.17) is 5.11 Å². The van der Waals surface area contributed by atoms with Gasteiger partial charge in [0.2, 0.25) is 10.0 Å². The molecule has 0 heterocycles. The molecule has 2 N–H and O–H groups in total. The number of hydrogen-bond acceptors (Lipinski definition) is 4. The highest BCUT2D eigenvalue weighted by molar-refractivity contribution is 7.89. The van der Waals surface area contributed by atoms with Crippen molar-refractivity contribution < 1.29 is 27.4 Å². The van der Waals surface area contributed by atoms with Crippen LogP contribution in [0, 0.1) is 5.82 Å². The molecule has 0 aliphatic carbocycles. The average Bonchev–Trinajstić information content (AvgIpc) is 2.26. The lowest BCUT2D eigenvalue weighted by Crippen LogP contribution is -2.34. The van der Waals surface area contributed by atoms with E-state index in [1.54, 1.807) is 0 Å². The zero-order valence-electron chi connectivity index (χ0n) is 10.4. The minimum absolute atomic E-state index is 0.0717. The molecule has 1 rings (SSSR count). The van der Waals surface area contributed by atoms with Crippen LogP contribution in [0.4, 0.5) is 4.39 Å². The highest BCUT2D eigenvalue weighted by Gasteiger charge is 2.20. The number of carboxylic acids is 1. The topological polar surface area (TPSA) is 92.7 Å². The third kappa shape index (κ3) is 4.18. The van der Waals surface area contributed by atoms with Crippen molar-refractivity contribution in [2.24, 2.45) is 0 Å². The molecule has 0 aliphatic rings. The molecule has 0 aromatic heterocycles. The second-order valence-corrected chi connectivity index (χ2v) is 5.63. The number of sulfonamides is 1. The van der Waals surface area contributed by atoms with Gasteiger partial charge in [-0.25, -0.2) is 17.5 Å². The molecule has 1 aromatic carbocycles. The fourth-order valence-electron chi connectivity index (χ4n) is 1.45. The summed E-state index contributed by atoms with van der Waals surface area (Å²) in [7, 11) is -2.70. The van der Waals surface area contributed by atoms with Gasteiger partial charge < -0.3 is 9.84 Å². The van der Waals surface area contributed by atoms with E-state index in [2.05, 4.69) is 9.46 Å². The van der Waals surface area contributed by atoms with Crippen molar-refractivity contribution in [1.82, 2.24) is 4.72 Å². The van der Waals surface area contributed by atoms with Crippen LogP contribution in [0.2, 0.25) is 0 Å². The predicted molar refractivity (Wildman–Crippen MR) is 65.0 cm³/mol. The second kappa shape index (κ2) is 5.98. The van der Waals surface area contributed by atoms with E-state index in [-0.39, 0.29) is 17.1 Å². The molecule has 0 aliphatic heterocycles. The molecule has 6 nitrogen and oxygen atoms in total. The fraction of sp³-hybridized carbons (Fsp3) is 0.364. The molecule has 8 heteroatoms. The van der Waals surface area contributed by atoms with Crippen molar-refractivity contribution in [3.63, 3.8) is 0 Å². The average molecular weight is 291 g/mol. The van der Waals surface area contributed by atoms with Crippen LogP contribution in [-0.4, -0.2) is 32.6 Å². The van der Waals surface area contributed by atoms with Gasteiger partial charge in [0.1, 0.15) is 0 Å². The second-order valence-electron chi connectivity index (χ2n) is 3.92. The maximum Gasteiger partial charge on any atom is 0.304 e. The first-order chi connectivity index (χ1) is 8.76. The number of nitrogens with one attached hydrogen (secondary N) is 1. The molecule has 106 valence electrons. The molecule has 0 amide bonds. The standard InChI is InChI=1S/C11H14FNO5S/c1-7(5-11(14)15)13-19(16,17)8-3-4-10(18-2)9(12)6-8/h3-4,6-7,13H,5H2,1-2H3,(H,14,15). The van der Waals surface area contributed by atoms with E-state index >= 15 is 0 Å². The summed E-state index contributed by atoms with van der Waals surface area (Å²) in [6, 6.07) is 2.38. The maximum absolute atomic E-state index is 13.4. The molecular weight excluding hydrogens is 277 g/mol. The van der Waals surface area contributed by atoms with Gasteiger partial charge >= 0.3 is 5.97 Å². The van der Waals surface area contributed by atoms with Gasteiger partial charge in [-0.2, -0.15) is 0 Å². The number of benzene rings is 1. The van der Waals surface area contributed by atoms with Crippen LogP contribution >= 0.6 is 0 Å². The van der Waals surface area contributed by atoms with Crippen molar-refractivity contribution in [3.05, 3.63) is 24.0 Å². The van der Waals surface area contributed by atoms with Crippen molar-refractivity contribution in [1.29, 1.82) is 0 Å². The van der Waals surface area contributed by atoms with Crippen LogP contribution in [0.1, 0.15) is 13.3 Å². The SMILES string of the molecule is COc1ccc(S(=O)(=O)NC(C)CC(=O)O)cc1F. The van der Waals surface area contributed by atoms with Crippen LogP contribution in [0.5, 0.6) is 5.75 Å². The van der Waals surface area contributed by atoms with E-state index in [1.165, 1.54) is 26.2 Å². The maximum atomic E-state index is 13.4. The van der Waals surface area contributed by atoms with E-state index in [0.29, 0.717) is 0 Å². The summed E-state index contributed by atoms with van der Waals surface area (Å²) in [5, 5.41) is 8.55. The van der Waals surface area contributed by atoms with Gasteiger partial charge in [0.05, 0.1) is 18.4 Å². The summed E-state index contributed by atoms with van der Waals surface area (Å²) in [6.07, 6.45) is -0.363. The number of ether oxygens (including phenoxy) is 1. The number of rotatable bonds is 6. The van der Waals surface area contributed by atoms with E-state index in [0.717, 1.165) is 6.07 Å². The summed E-state index contributed by atoms with van der Waals surface area (Å²) >= 11 is 0. The Balaban J connectivity index is 2.94. The molecule has 0 fully saturated rings. The largest absolute Gasteiger partial charge is 0.494 e. The first-order valence-electron chi connectivity index (χ1n) is 5.34. The first-order valence-corrected chi connectivity index (χ1v) is 6.82. The Morgan fingerprint density at radius 3 is 2.63 bits per heavy atom. The Bertz CT molecular complexity index is 572. The van der Waals surface area contributed by atoms with Crippen LogP contribution < -0.4 is 9.46 Å². The number of carboxylic acid groups (broad SMARTS) is 1. The normalized spacial score (nSPS) is 13.0. The Morgan fingerprint density at radius 2 is 2.16 bits per heavy atom. The van der Waals surface area contributed by atoms with Gasteiger partial charge in [-0.3, -0.25) is 4.79 Å². The highest BCUT2D eigenvalue weighted by atomic mass is 32.2. The van der Waals surface area contributed by atoms with Crippen LogP contribution in [0.3, 0.4) is 0 Å². The van der Waals surface area contributed by atoms with Crippen molar-refractivity contribution in [3.8, 4) is 5.75 Å². The Labute approximate surface area is 110 Å². The van der Waals surface area contributed by atoms with Gasteiger partial charge in [-0.15, -0.1) is 0 Å². The smallest absolute Gasteiger partial charge is 0.304 e. The number of methoxy groups -OCH3 is 1. The summed E-state index contributed by atoms with van der Waals surface area (Å²) in [5.74, 6) is -2.01. The Hall–Kier alpha value is -1.67. The molecule has 0 saturated heterocycles. The summed E-state index contributed by atoms with van der Waals surface area (Å²) in [6.45, 7) is 1.41. The lowest BCUT2D eigenvalue weighted by Gasteiger charge is -2.12. The quantitative estimate of drug-likeness (QED) is 0.815. The predicted octanol–water partition coefficient (Wildman–Crippen LogP) is 0.976. The van der Waals surface area contributed by atoms with Gasteiger partial charge in [-0.05, 0) is 25.1 Å². The molecule has 0 radical (unpaired) electrons. The van der Waals surface area contributed by atoms with Crippen LogP contribution in [0.15, 0.2) is 23.1 Å². The molecule has 0 bridgehead atoms. The zero-order valence-corrected chi connectivity index (χ0v) is 11.2. The molecule has 1 unspecified atom stereocenters. The van der Waals surface area contributed by atoms with E-state index in [1.807, 2.05) is 0 Å². The van der Waals surface area contributed by atoms with Crippen LogP contribution in [0.25, 0.3) is 0 Å². The monoisotopic (exact) mass is 291 g/mol. The number of halogens is 1. The van der Waals surface area contributed by atoms with Gasteiger partial charge in [0, 0.05) is 6.04 Å². The highest BCUT2D eigenvalue weighted by Crippen LogP contribution is 2.20. The summed E-state index contributed by atoms with van der Waals surface area (Å²) in [4.78, 5) is 10.2. The first kappa shape index (κ1) is 15.4. The summed E-state index contributed by atoms with van der Waals surface area (Å²) in [5.41, 5.74) is 0. The molecule has 0 spiro atoms. The molecule has 1 aromatic rings. The van der Waals surface area contributed by atoms with Crippen molar-refractivity contribution in [2.75, 3.05) is 7.11 Å². The van der Waals surface area contributed by atoms with Gasteiger partial charge in [0.15, 0.2) is 11.6 Å². The molecule has 19 heavy (non-hydrogen) atoms. The minimum atomic E-state index is -3.96. The minimum Gasteiger partial charge on any atom is -0.494 e. The number of hydrogen-bond donors (Lipinski definition) is 2. The molecule has 0 saturated carbocycles. The van der Waals surface area contributed by atoms with Crippen LogP contribution in [-0.2, 0) is 14.8 Å². The van der Waals surface area contributed by atoms with E-state index in [9.17, 15) is 17.6 Å². The van der Waals surface area contributed by atoms with E-state index < -0.39 is 27.9 Å². The molecular formula is C11H14FNO5S.